The molecule has 0 aromatic carbocycles. The number of rotatable bonds is 49. The smallest absolute Gasteiger partial charge is 0.326 e. The van der Waals surface area contributed by atoms with Crippen molar-refractivity contribution < 1.29 is 102 Å². The fraction of sp³-hybridized carbons (Fsp3) is 0.694. The molecule has 0 aromatic heterocycles. The third-order valence-electron chi connectivity index (χ3n) is 16.8. The molecule has 0 saturated carbocycles. The van der Waals surface area contributed by atoms with Crippen LogP contribution in [-0.2, 0) is 81.5 Å². The number of nitrogens with zero attached hydrogens (tertiary/aromatic N) is 4. The van der Waals surface area contributed by atoms with E-state index in [1.54, 1.807) is 6.26 Å². The van der Waals surface area contributed by atoms with Crippen LogP contribution in [0.4, 0.5) is 0 Å². The summed E-state index contributed by atoms with van der Waals surface area (Å²) in [4.78, 5) is 237. The van der Waals surface area contributed by atoms with E-state index < -0.39 is 224 Å². The molecule has 2 rings (SSSR count). The van der Waals surface area contributed by atoms with Crippen LogP contribution in [0.5, 0.6) is 0 Å². The average Bonchev–Trinajstić information content (AvgIpc) is 1.74. The molecule has 2 aliphatic rings. The molecule has 15 amide bonds. The zero-order chi connectivity index (χ0) is 80.9. The van der Waals surface area contributed by atoms with Crippen LogP contribution in [0.1, 0.15) is 124 Å². The number of nitrogens with one attached hydrogen (secondary N) is 11. The SMILES string of the molecule is CSCC[C@H](NC(=O)[C@@H](N)[C@@H](C)O)C(=O)N[C@@H](CCCN=C(N)N)C(=O)N[C@@H](CCCCN)C(=O)N1CCC[C@H]1C(=O)N[C@@H](CCCN=C(N)N)C(=O)N[C@@H](CO)C(=O)NCC(=O)N[C@@H](CC(N)=O)C(=O)N1CCC[C@H]1C(=O)N[C@@H](CC(=O)O)C(=O)N[C@H](C(=O)N[C@@H](C)C(=O)N[C@@H](CC(N)=O)C(=O)O)C(C)C. The lowest BCUT2D eigenvalue weighted by Gasteiger charge is -2.31. The molecule has 2 fully saturated rings. The first-order valence-electron chi connectivity index (χ1n) is 34.6. The minimum absolute atomic E-state index is 0.00361. The standard InChI is InChI=1S/C62H107N23O21S/c1-29(2)47(57(102)74-30(3)48(93)81-38(60(105)106)25-43(65)89)83-53(98)36(26-45(91)92)80-55(100)41-16-11-22-85(41)59(104)37(24-42(64)88)75-44(90)27-73-49(94)39(28-86)82-51(96)33(14-9-20-72-62(69)70)77-54(99)40-15-10-21-84(40)58(103)35(12-6-7-18-63)79-50(95)32(13-8-19-71-61(67)68)76-52(97)34(17-23-107-5)78-56(101)46(66)31(4)87/h29-41,46-47,86-87H,6-28,63,66H2,1-5H3,(H2,64,88)(H2,65,89)(H,73,94)(H,74,102)(H,75,90)(H,76,97)(H,77,99)(H,78,101)(H,79,95)(H,80,100)(H,81,93)(H,82,96)(H,83,98)(H,91,92)(H,105,106)(H4,67,68,71)(H4,69,70,72)/t30-,31+,32-,33-,34-,35-,36-,37-,38-,39-,40-,41-,46-,47-/m0/s1. The Kier molecular flexibility index (Phi) is 41.0. The molecule has 0 aliphatic carbocycles. The van der Waals surface area contributed by atoms with Gasteiger partial charge in [-0.05, 0) is 115 Å². The predicted octanol–water partition coefficient (Wildman–Crippen LogP) is -11.4. The lowest BCUT2D eigenvalue weighted by molar-refractivity contribution is -0.144. The Morgan fingerprint density at radius 1 is 0.495 bits per heavy atom. The number of amides is 15. The van der Waals surface area contributed by atoms with E-state index in [0.717, 1.165) is 11.8 Å². The molecule has 14 atom stereocenters. The molecule has 602 valence electrons. The first-order valence-corrected chi connectivity index (χ1v) is 35.9. The van der Waals surface area contributed by atoms with Crippen molar-refractivity contribution in [1.82, 2.24) is 68.3 Å². The molecule has 31 N–H and O–H groups in total. The molecule has 2 heterocycles. The van der Waals surface area contributed by atoms with E-state index >= 15 is 0 Å². The van der Waals surface area contributed by atoms with Crippen molar-refractivity contribution in [3.05, 3.63) is 0 Å². The first-order chi connectivity index (χ1) is 50.3. The highest BCUT2D eigenvalue weighted by Gasteiger charge is 2.43. The quantitative estimate of drug-likeness (QED) is 0.0153. The molecule has 2 aliphatic heterocycles. The number of unbranched alkanes of at least 4 members (excludes halogenated alkanes) is 1. The van der Waals surface area contributed by atoms with Gasteiger partial charge < -0.3 is 135 Å². The number of aliphatic carboxylic acids is 2. The van der Waals surface area contributed by atoms with Gasteiger partial charge in [0.1, 0.15) is 78.5 Å². The number of thioether (sulfide) groups is 1. The molecular weight excluding hydrogens is 1430 g/mol. The van der Waals surface area contributed by atoms with Gasteiger partial charge in [-0.25, -0.2) is 4.79 Å². The summed E-state index contributed by atoms with van der Waals surface area (Å²) in [5.41, 5.74) is 44.2. The maximum absolute atomic E-state index is 14.7. The summed E-state index contributed by atoms with van der Waals surface area (Å²) >= 11 is 1.36. The minimum Gasteiger partial charge on any atom is -0.481 e. The fourth-order valence-electron chi connectivity index (χ4n) is 11.0. The highest BCUT2D eigenvalue weighted by atomic mass is 32.2. The van der Waals surface area contributed by atoms with Crippen LogP contribution in [-0.4, -0.2) is 285 Å². The lowest BCUT2D eigenvalue weighted by atomic mass is 10.0. The van der Waals surface area contributed by atoms with Gasteiger partial charge in [-0.3, -0.25) is 86.7 Å². The van der Waals surface area contributed by atoms with E-state index in [1.807, 2.05) is 5.32 Å². The monoisotopic (exact) mass is 1540 g/mol. The first kappa shape index (κ1) is 92.8. The summed E-state index contributed by atoms with van der Waals surface area (Å²) < 4.78 is 0. The van der Waals surface area contributed by atoms with Crippen molar-refractivity contribution in [2.75, 3.05) is 57.9 Å². The van der Waals surface area contributed by atoms with Gasteiger partial charge in [0.15, 0.2) is 11.9 Å². The predicted molar refractivity (Wildman–Crippen MR) is 382 cm³/mol. The van der Waals surface area contributed by atoms with Gasteiger partial charge in [0, 0.05) is 26.2 Å². The summed E-state index contributed by atoms with van der Waals surface area (Å²) in [6, 6.07) is -19.9. The number of aliphatic hydroxyl groups excluding tert-OH is 2. The van der Waals surface area contributed by atoms with Gasteiger partial charge in [-0.15, -0.1) is 0 Å². The highest BCUT2D eigenvalue weighted by Crippen LogP contribution is 2.23. The normalized spacial score (nSPS) is 17.3. The second-order valence-corrected chi connectivity index (χ2v) is 26.8. The topological polar surface area (TPSA) is 743 Å². The number of carboxylic acid groups (broad SMARTS) is 2. The molecule has 44 nitrogen and oxygen atoms in total. The van der Waals surface area contributed by atoms with Crippen LogP contribution in [0.3, 0.4) is 0 Å². The van der Waals surface area contributed by atoms with Gasteiger partial charge >= 0.3 is 11.9 Å². The Morgan fingerprint density at radius 2 is 0.944 bits per heavy atom. The fourth-order valence-corrected chi connectivity index (χ4v) is 11.5. The minimum atomic E-state index is -1.92. The van der Waals surface area contributed by atoms with Crippen molar-refractivity contribution >= 4 is 124 Å². The summed E-state index contributed by atoms with van der Waals surface area (Å²) in [5, 5.41) is 65.6. The summed E-state index contributed by atoms with van der Waals surface area (Å²) in [6.07, 6.45) is -1.30. The van der Waals surface area contributed by atoms with E-state index in [4.69, 9.17) is 45.9 Å². The Hall–Kier alpha value is -10.3. The van der Waals surface area contributed by atoms with Crippen LogP contribution in [0.25, 0.3) is 0 Å². The van der Waals surface area contributed by atoms with Crippen molar-refractivity contribution in [3.63, 3.8) is 0 Å². The average molecular weight is 1540 g/mol. The third-order valence-corrected chi connectivity index (χ3v) is 17.4. The number of guanidine groups is 2. The van der Waals surface area contributed by atoms with E-state index in [9.17, 15) is 102 Å². The van der Waals surface area contributed by atoms with Gasteiger partial charge in [-0.1, -0.05) is 13.8 Å². The number of primary amides is 2. The van der Waals surface area contributed by atoms with Gasteiger partial charge in [-0.2, -0.15) is 11.8 Å². The molecular formula is C62H107N23O21S. The Bertz CT molecular complexity index is 3190. The zero-order valence-corrected chi connectivity index (χ0v) is 61.3. The van der Waals surface area contributed by atoms with E-state index in [1.165, 1.54) is 37.4 Å². The Morgan fingerprint density at radius 3 is 1.41 bits per heavy atom. The summed E-state index contributed by atoms with van der Waals surface area (Å²) in [6.45, 7) is 3.18. The van der Waals surface area contributed by atoms with Crippen LogP contribution < -0.4 is 104 Å². The Labute approximate surface area is 620 Å². The van der Waals surface area contributed by atoms with Crippen LogP contribution >= 0.6 is 11.8 Å². The maximum Gasteiger partial charge on any atom is 0.326 e. The van der Waals surface area contributed by atoms with Crippen LogP contribution in [0, 0.1) is 5.92 Å². The zero-order valence-electron chi connectivity index (χ0n) is 60.5. The lowest BCUT2D eigenvalue weighted by Crippen LogP contribution is -2.60. The summed E-state index contributed by atoms with van der Waals surface area (Å²) in [5.74, 6) is -19.3. The number of aliphatic imine (C=N–C) groups is 2. The number of hydrogen-bond donors (Lipinski definition) is 23. The van der Waals surface area contributed by atoms with Crippen LogP contribution in [0.2, 0.25) is 0 Å². The van der Waals surface area contributed by atoms with Gasteiger partial charge in [0.2, 0.25) is 88.6 Å². The molecule has 45 heteroatoms. The second kappa shape index (κ2) is 47.3. The van der Waals surface area contributed by atoms with E-state index in [2.05, 4.69) is 63.2 Å². The van der Waals surface area contributed by atoms with Gasteiger partial charge in [0.25, 0.3) is 0 Å². The molecule has 0 spiro atoms. The van der Waals surface area contributed by atoms with Crippen molar-refractivity contribution in [1.29, 1.82) is 0 Å². The molecule has 0 unspecified atom stereocenters. The van der Waals surface area contributed by atoms with Gasteiger partial charge in [0.05, 0.1) is 38.5 Å². The number of likely N-dealkylation sites (tertiary alicyclic amines) is 2. The molecule has 0 bridgehead atoms. The molecule has 107 heavy (non-hydrogen) atoms. The van der Waals surface area contributed by atoms with E-state index in [-0.39, 0.29) is 109 Å². The van der Waals surface area contributed by atoms with Crippen LogP contribution in [0.15, 0.2) is 9.98 Å². The number of carboxylic acids is 2. The number of aliphatic hydroxyl groups is 2. The molecule has 0 aromatic rings. The van der Waals surface area contributed by atoms with E-state index in [0.29, 0.717) is 18.6 Å². The highest BCUT2D eigenvalue weighted by molar-refractivity contribution is 7.98. The number of carbonyl (C=O) groups is 17. The number of nitrogens with two attached hydrogens (primary N) is 8. The Balaban J connectivity index is 2.34. The van der Waals surface area contributed by atoms with Crippen molar-refractivity contribution in [2.24, 2.45) is 61.8 Å². The number of carbonyl (C=O) groups excluding carboxylic acids is 15. The molecule has 2 saturated heterocycles. The molecule has 0 radical (unpaired) electrons. The van der Waals surface area contributed by atoms with Crippen molar-refractivity contribution in [3.8, 4) is 0 Å². The largest absolute Gasteiger partial charge is 0.481 e. The second-order valence-electron chi connectivity index (χ2n) is 25.8. The van der Waals surface area contributed by atoms with Crippen molar-refractivity contribution in [2.45, 2.75) is 209 Å². The summed E-state index contributed by atoms with van der Waals surface area (Å²) in [7, 11) is 0. The maximum atomic E-state index is 14.7. The number of hydrogen-bond acceptors (Lipinski definition) is 24. The third kappa shape index (κ3) is 33.0.